The van der Waals surface area contributed by atoms with Gasteiger partial charge in [-0.1, -0.05) is 55.5 Å². The number of carbonyl (C=O) groups excluding carboxylic acids is 3. The second-order valence-electron chi connectivity index (χ2n) is 11.2. The van der Waals surface area contributed by atoms with E-state index < -0.39 is 23.6 Å². The van der Waals surface area contributed by atoms with Crippen LogP contribution in [0.15, 0.2) is 65.5 Å². The van der Waals surface area contributed by atoms with Gasteiger partial charge < -0.3 is 28.8 Å². The number of esters is 2. The lowest BCUT2D eigenvalue weighted by molar-refractivity contribution is -0.172. The van der Waals surface area contributed by atoms with E-state index in [1.54, 1.807) is 17.6 Å². The van der Waals surface area contributed by atoms with Crippen LogP contribution < -0.4 is 5.56 Å². The number of aromatic nitrogens is 2. The third-order valence-corrected chi connectivity index (χ3v) is 8.47. The van der Waals surface area contributed by atoms with Gasteiger partial charge in [0.25, 0.3) is 5.56 Å². The van der Waals surface area contributed by atoms with Crippen molar-refractivity contribution in [3.8, 4) is 11.4 Å². The number of cyclic esters (lactones) is 1. The number of hydrogen-bond donors (Lipinski definition) is 1. The van der Waals surface area contributed by atoms with E-state index in [9.17, 15) is 24.3 Å². The van der Waals surface area contributed by atoms with Gasteiger partial charge in [-0.05, 0) is 36.1 Å². The molecule has 45 heavy (non-hydrogen) atoms. The van der Waals surface area contributed by atoms with Crippen molar-refractivity contribution in [3.63, 3.8) is 0 Å². The number of nitrogens with zero attached hydrogens (tertiary/aromatic N) is 3. The Bertz CT molecular complexity index is 1870. The van der Waals surface area contributed by atoms with Crippen LogP contribution in [0.25, 0.3) is 22.3 Å². The average Bonchev–Trinajstić information content (AvgIpc) is 3.41. The first-order chi connectivity index (χ1) is 21.7. The molecule has 0 radical (unpaired) electrons. The number of para-hydroxylation sites is 1. The van der Waals surface area contributed by atoms with Crippen molar-refractivity contribution in [3.05, 3.63) is 98.8 Å². The summed E-state index contributed by atoms with van der Waals surface area (Å²) in [5, 5.41) is 12.1. The molecule has 2 aliphatic rings. The van der Waals surface area contributed by atoms with Crippen molar-refractivity contribution in [2.24, 2.45) is 0 Å². The first-order valence-corrected chi connectivity index (χ1v) is 14.9. The summed E-state index contributed by atoms with van der Waals surface area (Å²) in [4.78, 5) is 57.4. The van der Waals surface area contributed by atoms with Crippen LogP contribution in [-0.2, 0) is 55.6 Å². The van der Waals surface area contributed by atoms with Gasteiger partial charge in [0.15, 0.2) is 5.60 Å². The number of fused-ring (bicyclic) bond motifs is 5. The summed E-state index contributed by atoms with van der Waals surface area (Å²) in [7, 11) is 0. The summed E-state index contributed by atoms with van der Waals surface area (Å²) in [5.74, 6) is -1.22. The molecule has 2 aromatic heterocycles. The van der Waals surface area contributed by atoms with Crippen LogP contribution in [0.5, 0.6) is 0 Å². The number of pyridine rings is 2. The molecule has 11 nitrogen and oxygen atoms in total. The van der Waals surface area contributed by atoms with Crippen molar-refractivity contribution in [2.75, 3.05) is 19.7 Å². The van der Waals surface area contributed by atoms with Crippen LogP contribution in [0.4, 0.5) is 4.79 Å². The van der Waals surface area contributed by atoms with Gasteiger partial charge in [0.2, 0.25) is 0 Å². The summed E-state index contributed by atoms with van der Waals surface area (Å²) in [6.45, 7) is 3.48. The van der Waals surface area contributed by atoms with Crippen LogP contribution in [-0.4, -0.2) is 57.3 Å². The van der Waals surface area contributed by atoms with Crippen molar-refractivity contribution in [2.45, 2.75) is 52.0 Å². The Morgan fingerprint density at radius 3 is 2.56 bits per heavy atom. The molecule has 2 aromatic carbocycles. The molecule has 2 aliphatic heterocycles. The fraction of sp³-hybridized carbons (Fsp3) is 0.324. The van der Waals surface area contributed by atoms with Crippen molar-refractivity contribution in [1.29, 1.82) is 0 Å². The second kappa shape index (κ2) is 12.2. The maximum Gasteiger partial charge on any atom is 0.410 e. The molecule has 0 aliphatic carbocycles. The monoisotopic (exact) mass is 611 g/mol. The smallest absolute Gasteiger partial charge is 0.410 e. The zero-order valence-corrected chi connectivity index (χ0v) is 25.1. The van der Waals surface area contributed by atoms with E-state index in [1.807, 2.05) is 54.6 Å². The van der Waals surface area contributed by atoms with E-state index in [1.165, 1.54) is 11.8 Å². The summed E-state index contributed by atoms with van der Waals surface area (Å²) >= 11 is 0. The molecule has 0 spiro atoms. The molecular formula is C34H33N3O8. The Labute approximate surface area is 259 Å². The normalized spacial score (nSPS) is 16.4. The fourth-order valence-electron chi connectivity index (χ4n) is 6.05. The lowest BCUT2D eigenvalue weighted by Gasteiger charge is -2.31. The highest BCUT2D eigenvalue weighted by atomic mass is 16.6. The molecule has 11 heteroatoms. The van der Waals surface area contributed by atoms with Crippen molar-refractivity contribution < 1.29 is 33.7 Å². The highest BCUT2D eigenvalue weighted by Crippen LogP contribution is 2.40. The van der Waals surface area contributed by atoms with E-state index >= 15 is 0 Å². The summed E-state index contributed by atoms with van der Waals surface area (Å²) < 4.78 is 17.5. The Morgan fingerprint density at radius 2 is 1.80 bits per heavy atom. The first kappa shape index (κ1) is 30.0. The van der Waals surface area contributed by atoms with Crippen molar-refractivity contribution in [1.82, 2.24) is 14.5 Å². The van der Waals surface area contributed by atoms with Crippen LogP contribution in [0.3, 0.4) is 0 Å². The Kier molecular flexibility index (Phi) is 8.11. The topological polar surface area (TPSA) is 137 Å². The van der Waals surface area contributed by atoms with Gasteiger partial charge in [0, 0.05) is 30.0 Å². The highest BCUT2D eigenvalue weighted by molar-refractivity contribution is 5.89. The molecule has 0 saturated carbocycles. The number of hydrogen-bond acceptors (Lipinski definition) is 9. The van der Waals surface area contributed by atoms with Gasteiger partial charge in [-0.3, -0.25) is 9.59 Å². The number of ether oxygens (including phenoxy) is 3. The predicted octanol–water partition coefficient (Wildman–Crippen LogP) is 3.82. The molecule has 0 fully saturated rings. The fourth-order valence-corrected chi connectivity index (χ4v) is 6.05. The predicted molar refractivity (Wildman–Crippen MR) is 163 cm³/mol. The van der Waals surface area contributed by atoms with Crippen LogP contribution in [0.2, 0.25) is 0 Å². The minimum absolute atomic E-state index is 0.0124. The van der Waals surface area contributed by atoms with Gasteiger partial charge >= 0.3 is 18.0 Å². The highest BCUT2D eigenvalue weighted by Gasteiger charge is 2.45. The molecule has 4 heterocycles. The second-order valence-corrected chi connectivity index (χ2v) is 11.2. The lowest BCUT2D eigenvalue weighted by atomic mass is 9.86. The minimum Gasteiger partial charge on any atom is -0.464 e. The molecule has 4 aromatic rings. The zero-order chi connectivity index (χ0) is 31.7. The standard InChI is InChI=1S/C34H33N3O8/c1-3-34(42)27-17-29-30-25(18-37(29)31(39)26(27)20-44-32(34)40)23(24-11-7-8-12-28(24)35-30)13-14-36(15-16-43-21(2)38)33(41)45-19-22-9-5-4-6-10-22/h4-12,17,42H,3,13-16,18-20H2,1-2H3. The van der Waals surface area contributed by atoms with Gasteiger partial charge in [-0.25, -0.2) is 14.6 Å². The molecule has 1 amide bonds. The first-order valence-electron chi connectivity index (χ1n) is 14.9. The molecule has 0 bridgehead atoms. The lowest BCUT2D eigenvalue weighted by Crippen LogP contribution is -2.44. The SMILES string of the molecule is CCC1(O)C(=O)OCc2c1cc1n(c2=O)Cc2c-1nc1ccccc1c2CCN(CCOC(C)=O)C(=O)OCc1ccccc1. The zero-order valence-electron chi connectivity index (χ0n) is 25.1. The number of carbonyl (C=O) groups is 3. The van der Waals surface area contributed by atoms with Gasteiger partial charge in [0.1, 0.15) is 19.8 Å². The van der Waals surface area contributed by atoms with E-state index in [-0.39, 0.29) is 62.6 Å². The number of benzene rings is 2. The number of amides is 1. The summed E-state index contributed by atoms with van der Waals surface area (Å²) in [6, 6.07) is 18.6. The van der Waals surface area contributed by atoms with Crippen LogP contribution in [0, 0.1) is 0 Å². The van der Waals surface area contributed by atoms with Crippen LogP contribution >= 0.6 is 0 Å². The Hall–Kier alpha value is -5.03. The molecule has 232 valence electrons. The number of rotatable bonds is 9. The van der Waals surface area contributed by atoms with Crippen molar-refractivity contribution >= 4 is 28.9 Å². The molecule has 1 unspecified atom stereocenters. The van der Waals surface area contributed by atoms with Gasteiger partial charge in [-0.15, -0.1) is 0 Å². The van der Waals surface area contributed by atoms with E-state index in [0.29, 0.717) is 23.3 Å². The molecule has 6 rings (SSSR count). The van der Waals surface area contributed by atoms with E-state index in [4.69, 9.17) is 19.2 Å². The Morgan fingerprint density at radius 1 is 1.04 bits per heavy atom. The summed E-state index contributed by atoms with van der Waals surface area (Å²) in [6.07, 6.45) is -0.0969. The quantitative estimate of drug-likeness (QED) is 0.195. The van der Waals surface area contributed by atoms with E-state index in [0.717, 1.165) is 22.1 Å². The van der Waals surface area contributed by atoms with Gasteiger partial charge in [0.05, 0.1) is 35.6 Å². The van der Waals surface area contributed by atoms with E-state index in [2.05, 4.69) is 0 Å². The average molecular weight is 612 g/mol. The summed E-state index contributed by atoms with van der Waals surface area (Å²) in [5.41, 5.74) is 2.59. The maximum atomic E-state index is 13.7. The minimum atomic E-state index is -1.92. The molecule has 0 saturated heterocycles. The molecule has 1 N–H and O–H groups in total. The number of aliphatic hydroxyl groups is 1. The molecule has 1 atom stereocenters. The van der Waals surface area contributed by atoms with Gasteiger partial charge in [-0.2, -0.15) is 0 Å². The Balaban J connectivity index is 1.35. The third kappa shape index (κ3) is 5.55. The molecular weight excluding hydrogens is 578 g/mol. The third-order valence-electron chi connectivity index (χ3n) is 8.47. The maximum absolute atomic E-state index is 13.7. The van der Waals surface area contributed by atoms with Crippen LogP contribution in [0.1, 0.15) is 48.1 Å². The largest absolute Gasteiger partial charge is 0.464 e.